The van der Waals surface area contributed by atoms with E-state index in [1.807, 2.05) is 6.07 Å². The van der Waals surface area contributed by atoms with E-state index >= 15 is 0 Å². The van der Waals surface area contributed by atoms with Crippen LogP contribution in [0.25, 0.3) is 0 Å². The second-order valence-corrected chi connectivity index (χ2v) is 5.40. The molecule has 5 nitrogen and oxygen atoms in total. The topological polar surface area (TPSA) is 64.3 Å². The summed E-state index contributed by atoms with van der Waals surface area (Å²) in [5.74, 6) is 2.36. The quantitative estimate of drug-likeness (QED) is 0.865. The van der Waals surface area contributed by atoms with Gasteiger partial charge in [-0.05, 0) is 25.7 Å². The molecule has 1 unspecified atom stereocenters. The van der Waals surface area contributed by atoms with Crippen molar-refractivity contribution in [3.63, 3.8) is 0 Å². The molecule has 1 fully saturated rings. The molecule has 5 heteroatoms. The molecular weight excluding hydrogens is 252 g/mol. The highest BCUT2D eigenvalue weighted by Gasteiger charge is 2.22. The number of hydrogen-bond donors (Lipinski definition) is 1. The van der Waals surface area contributed by atoms with Crippen LogP contribution >= 0.6 is 0 Å². The third-order valence-corrected chi connectivity index (χ3v) is 3.51. The van der Waals surface area contributed by atoms with Crippen LogP contribution in [0.15, 0.2) is 6.07 Å². The van der Waals surface area contributed by atoms with Crippen molar-refractivity contribution in [1.29, 1.82) is 0 Å². The van der Waals surface area contributed by atoms with Crippen molar-refractivity contribution in [1.82, 2.24) is 9.97 Å². The number of nitrogens with two attached hydrogens (primary N) is 1. The maximum absolute atomic E-state index is 5.90. The van der Waals surface area contributed by atoms with E-state index in [0.29, 0.717) is 11.9 Å². The molecule has 0 bridgehead atoms. The van der Waals surface area contributed by atoms with Gasteiger partial charge in [0, 0.05) is 32.2 Å². The highest BCUT2D eigenvalue weighted by Crippen LogP contribution is 2.21. The Morgan fingerprint density at radius 2 is 2.20 bits per heavy atom. The summed E-state index contributed by atoms with van der Waals surface area (Å²) in [5.41, 5.74) is 5.90. The van der Waals surface area contributed by atoms with Gasteiger partial charge >= 0.3 is 0 Å². The number of nitrogens with zero attached hydrogens (tertiary/aromatic N) is 3. The molecule has 20 heavy (non-hydrogen) atoms. The smallest absolute Gasteiger partial charge is 0.134 e. The molecule has 1 aromatic heterocycles. The monoisotopic (exact) mass is 278 g/mol. The van der Waals surface area contributed by atoms with Crippen LogP contribution in [0, 0.1) is 0 Å². The lowest BCUT2D eigenvalue weighted by Crippen LogP contribution is -2.40. The number of piperidine rings is 1. The van der Waals surface area contributed by atoms with Crippen molar-refractivity contribution >= 4 is 11.6 Å². The first-order valence-corrected chi connectivity index (χ1v) is 7.73. The summed E-state index contributed by atoms with van der Waals surface area (Å²) >= 11 is 0. The normalized spacial score (nSPS) is 19.3. The van der Waals surface area contributed by atoms with Crippen molar-refractivity contribution in [2.45, 2.75) is 52.1 Å². The predicted molar refractivity (Wildman–Crippen MR) is 81.9 cm³/mol. The lowest BCUT2D eigenvalue weighted by Gasteiger charge is -2.33. The van der Waals surface area contributed by atoms with E-state index in [0.717, 1.165) is 63.4 Å². The summed E-state index contributed by atoms with van der Waals surface area (Å²) in [4.78, 5) is 11.2. The molecule has 1 saturated heterocycles. The second kappa shape index (κ2) is 7.43. The number of ether oxygens (including phenoxy) is 1. The Morgan fingerprint density at radius 3 is 2.95 bits per heavy atom. The molecule has 0 aromatic carbocycles. The zero-order chi connectivity index (χ0) is 14.4. The molecule has 2 rings (SSSR count). The standard InChI is InChI=1S/C15H26N4O/c1-3-6-14-17-13(16)10-15(18-14)19-8-5-7-12(11-19)20-9-4-2/h10,12H,3-9,11H2,1-2H3,(H2,16,17,18). The van der Waals surface area contributed by atoms with Gasteiger partial charge in [-0.25, -0.2) is 9.97 Å². The average molecular weight is 278 g/mol. The molecule has 1 aromatic rings. The maximum Gasteiger partial charge on any atom is 0.134 e. The number of anilines is 2. The summed E-state index contributed by atoms with van der Waals surface area (Å²) in [6.07, 6.45) is 5.57. The van der Waals surface area contributed by atoms with Gasteiger partial charge in [0.25, 0.3) is 0 Å². The van der Waals surface area contributed by atoms with E-state index in [1.54, 1.807) is 0 Å². The molecule has 0 spiro atoms. The molecule has 0 aliphatic carbocycles. The van der Waals surface area contributed by atoms with Crippen LogP contribution in [0.1, 0.15) is 45.4 Å². The van der Waals surface area contributed by atoms with Gasteiger partial charge in [-0.1, -0.05) is 13.8 Å². The first kappa shape index (κ1) is 15.0. The first-order valence-electron chi connectivity index (χ1n) is 7.73. The Kier molecular flexibility index (Phi) is 5.59. The minimum atomic E-state index is 0.314. The van der Waals surface area contributed by atoms with Gasteiger partial charge in [0.1, 0.15) is 17.5 Å². The van der Waals surface area contributed by atoms with Gasteiger partial charge in [-0.2, -0.15) is 0 Å². The van der Waals surface area contributed by atoms with E-state index in [-0.39, 0.29) is 0 Å². The van der Waals surface area contributed by atoms with Gasteiger partial charge in [-0.3, -0.25) is 0 Å². The summed E-state index contributed by atoms with van der Waals surface area (Å²) < 4.78 is 5.88. The molecule has 0 amide bonds. The number of hydrogen-bond acceptors (Lipinski definition) is 5. The van der Waals surface area contributed by atoms with E-state index in [1.165, 1.54) is 0 Å². The fourth-order valence-electron chi connectivity index (χ4n) is 2.57. The van der Waals surface area contributed by atoms with Crippen molar-refractivity contribution in [2.24, 2.45) is 0 Å². The molecule has 1 aliphatic rings. The summed E-state index contributed by atoms with van der Waals surface area (Å²) in [6.45, 7) is 7.03. The zero-order valence-electron chi connectivity index (χ0n) is 12.6. The lowest BCUT2D eigenvalue weighted by molar-refractivity contribution is 0.0439. The highest BCUT2D eigenvalue weighted by molar-refractivity contribution is 5.47. The highest BCUT2D eigenvalue weighted by atomic mass is 16.5. The number of aromatic nitrogens is 2. The fourth-order valence-corrected chi connectivity index (χ4v) is 2.57. The Hall–Kier alpha value is -1.36. The molecule has 1 aliphatic heterocycles. The van der Waals surface area contributed by atoms with Crippen LogP contribution in [0.4, 0.5) is 11.6 Å². The third-order valence-electron chi connectivity index (χ3n) is 3.51. The van der Waals surface area contributed by atoms with Gasteiger partial charge in [0.05, 0.1) is 6.10 Å². The van der Waals surface area contributed by atoms with Gasteiger partial charge < -0.3 is 15.4 Å². The van der Waals surface area contributed by atoms with Crippen LogP contribution in [-0.4, -0.2) is 35.8 Å². The number of aryl methyl sites for hydroxylation is 1. The minimum absolute atomic E-state index is 0.314. The maximum atomic E-state index is 5.90. The van der Waals surface area contributed by atoms with Gasteiger partial charge in [0.2, 0.25) is 0 Å². The van der Waals surface area contributed by atoms with E-state index in [9.17, 15) is 0 Å². The SMILES string of the molecule is CCCOC1CCCN(c2cc(N)nc(CCC)n2)C1. The third kappa shape index (κ3) is 4.07. The van der Waals surface area contributed by atoms with Crippen LogP contribution in [0.5, 0.6) is 0 Å². The molecule has 1 atom stereocenters. The molecular formula is C15H26N4O. The Balaban J connectivity index is 2.05. The average Bonchev–Trinajstić information content (AvgIpc) is 2.45. The van der Waals surface area contributed by atoms with Crippen molar-refractivity contribution in [2.75, 3.05) is 30.3 Å². The van der Waals surface area contributed by atoms with Crippen LogP contribution in [-0.2, 0) is 11.2 Å². The van der Waals surface area contributed by atoms with Crippen LogP contribution < -0.4 is 10.6 Å². The van der Waals surface area contributed by atoms with Gasteiger partial charge in [-0.15, -0.1) is 0 Å². The zero-order valence-corrected chi connectivity index (χ0v) is 12.6. The molecule has 0 saturated carbocycles. The van der Waals surface area contributed by atoms with Crippen LogP contribution in [0.2, 0.25) is 0 Å². The minimum Gasteiger partial charge on any atom is -0.384 e. The Morgan fingerprint density at radius 1 is 1.35 bits per heavy atom. The van der Waals surface area contributed by atoms with E-state index in [4.69, 9.17) is 10.5 Å². The summed E-state index contributed by atoms with van der Waals surface area (Å²) in [5, 5.41) is 0. The summed E-state index contributed by atoms with van der Waals surface area (Å²) in [6, 6.07) is 1.88. The van der Waals surface area contributed by atoms with Crippen molar-refractivity contribution in [3.8, 4) is 0 Å². The largest absolute Gasteiger partial charge is 0.384 e. The Labute approximate surface area is 121 Å². The van der Waals surface area contributed by atoms with Crippen LogP contribution in [0.3, 0.4) is 0 Å². The lowest BCUT2D eigenvalue weighted by atomic mass is 10.1. The number of rotatable bonds is 6. The molecule has 2 N–H and O–H groups in total. The summed E-state index contributed by atoms with van der Waals surface area (Å²) in [7, 11) is 0. The second-order valence-electron chi connectivity index (χ2n) is 5.40. The van der Waals surface area contributed by atoms with Gasteiger partial charge in [0.15, 0.2) is 0 Å². The first-order chi connectivity index (χ1) is 9.72. The molecule has 0 radical (unpaired) electrons. The number of nitrogen functional groups attached to an aromatic ring is 1. The van der Waals surface area contributed by atoms with E-state index < -0.39 is 0 Å². The van der Waals surface area contributed by atoms with Crippen molar-refractivity contribution in [3.05, 3.63) is 11.9 Å². The van der Waals surface area contributed by atoms with Crippen molar-refractivity contribution < 1.29 is 4.74 Å². The molecule has 2 heterocycles. The molecule has 112 valence electrons. The Bertz CT molecular complexity index is 424. The predicted octanol–water partition coefficient (Wildman–Crippen LogP) is 2.41. The van der Waals surface area contributed by atoms with E-state index in [2.05, 4.69) is 28.7 Å². The fraction of sp³-hybridized carbons (Fsp3) is 0.733.